The Bertz CT molecular complexity index is 988. The van der Waals surface area contributed by atoms with Gasteiger partial charge in [0.25, 0.3) is 11.8 Å². The molecule has 1 heterocycles. The van der Waals surface area contributed by atoms with E-state index >= 15 is 0 Å². The topological polar surface area (TPSA) is 77.1 Å². The van der Waals surface area contributed by atoms with Gasteiger partial charge in [-0.3, -0.25) is 9.59 Å². The second kappa shape index (κ2) is 9.90. The maximum atomic E-state index is 13.1. The van der Waals surface area contributed by atoms with Gasteiger partial charge in [-0.1, -0.05) is 6.07 Å². The van der Waals surface area contributed by atoms with E-state index in [9.17, 15) is 22.8 Å². The van der Waals surface area contributed by atoms with Gasteiger partial charge in [0, 0.05) is 24.3 Å². The quantitative estimate of drug-likeness (QED) is 0.726. The molecule has 3 rings (SSSR count). The molecule has 0 radical (unpaired) electrons. The number of carbonyl (C=O) groups excluding carboxylic acids is 2. The van der Waals surface area contributed by atoms with Gasteiger partial charge in [0.15, 0.2) is 18.1 Å². The van der Waals surface area contributed by atoms with E-state index in [4.69, 9.17) is 14.2 Å². The molecule has 0 atom stereocenters. The summed E-state index contributed by atoms with van der Waals surface area (Å²) in [6.45, 7) is 3.09. The van der Waals surface area contributed by atoms with E-state index in [0.717, 1.165) is 6.07 Å². The number of aryl methyl sites for hydroxylation is 1. The molecule has 172 valence electrons. The summed E-state index contributed by atoms with van der Waals surface area (Å²) in [5, 5.41) is 2.45. The minimum absolute atomic E-state index is 0.0170. The maximum Gasteiger partial charge on any atom is 0.416 e. The highest BCUT2D eigenvalue weighted by Gasteiger charge is 2.32. The van der Waals surface area contributed by atoms with Crippen LogP contribution in [-0.2, 0) is 15.7 Å². The number of ether oxygens (including phenoxy) is 3. The molecule has 1 saturated heterocycles. The fourth-order valence-electron chi connectivity index (χ4n) is 3.18. The van der Waals surface area contributed by atoms with Crippen LogP contribution in [0.25, 0.3) is 0 Å². The van der Waals surface area contributed by atoms with Crippen molar-refractivity contribution in [3.8, 4) is 11.5 Å². The zero-order valence-corrected chi connectivity index (χ0v) is 17.6. The number of rotatable bonds is 6. The van der Waals surface area contributed by atoms with Crippen LogP contribution in [0.1, 0.15) is 21.5 Å². The zero-order valence-electron chi connectivity index (χ0n) is 17.6. The number of alkyl halides is 3. The molecule has 0 bridgehead atoms. The summed E-state index contributed by atoms with van der Waals surface area (Å²) < 4.78 is 55.3. The van der Waals surface area contributed by atoms with Crippen molar-refractivity contribution in [1.82, 2.24) is 4.90 Å². The Morgan fingerprint density at radius 3 is 2.47 bits per heavy atom. The number of benzene rings is 2. The zero-order chi connectivity index (χ0) is 23.3. The van der Waals surface area contributed by atoms with Crippen LogP contribution in [0.2, 0.25) is 0 Å². The first-order chi connectivity index (χ1) is 15.2. The van der Waals surface area contributed by atoms with Crippen LogP contribution in [0.5, 0.6) is 11.5 Å². The summed E-state index contributed by atoms with van der Waals surface area (Å²) in [4.78, 5) is 26.4. The Balaban J connectivity index is 1.68. The number of hydrogen-bond donors (Lipinski definition) is 1. The monoisotopic (exact) mass is 452 g/mol. The second-order valence-electron chi connectivity index (χ2n) is 7.13. The number of amides is 2. The molecule has 0 aliphatic carbocycles. The van der Waals surface area contributed by atoms with E-state index in [1.807, 2.05) is 0 Å². The molecule has 10 heteroatoms. The highest BCUT2D eigenvalue weighted by Crippen LogP contribution is 2.34. The van der Waals surface area contributed by atoms with Crippen LogP contribution in [0.4, 0.5) is 18.9 Å². The molecule has 0 saturated carbocycles. The average Bonchev–Trinajstić information content (AvgIpc) is 2.78. The molecule has 0 unspecified atom stereocenters. The smallest absolute Gasteiger partial charge is 0.416 e. The number of methoxy groups -OCH3 is 1. The molecular weight excluding hydrogens is 429 g/mol. The van der Waals surface area contributed by atoms with E-state index < -0.39 is 17.6 Å². The lowest BCUT2D eigenvalue weighted by Gasteiger charge is -2.26. The van der Waals surface area contributed by atoms with Crippen LogP contribution < -0.4 is 14.8 Å². The fraction of sp³-hybridized carbons (Fsp3) is 0.364. The first kappa shape index (κ1) is 23.4. The minimum Gasteiger partial charge on any atom is -0.493 e. The van der Waals surface area contributed by atoms with Gasteiger partial charge in [-0.2, -0.15) is 13.2 Å². The van der Waals surface area contributed by atoms with Gasteiger partial charge in [0.1, 0.15) is 0 Å². The SMILES string of the molecule is COc1cc(C(=O)Nc2ccc(C)c(C(F)(F)F)c2)ccc1OCC(=O)N1CCOCC1. The largest absolute Gasteiger partial charge is 0.493 e. The van der Waals surface area contributed by atoms with Crippen LogP contribution in [-0.4, -0.2) is 56.7 Å². The summed E-state index contributed by atoms with van der Waals surface area (Å²) in [5.74, 6) is -0.332. The third kappa shape index (κ3) is 5.70. The summed E-state index contributed by atoms with van der Waals surface area (Å²) in [5.41, 5.74) is -0.585. The number of carbonyl (C=O) groups is 2. The van der Waals surface area contributed by atoms with Crippen molar-refractivity contribution < 1.29 is 37.0 Å². The van der Waals surface area contributed by atoms with Gasteiger partial charge in [-0.05, 0) is 42.8 Å². The van der Waals surface area contributed by atoms with Gasteiger partial charge in [0.2, 0.25) is 0 Å². The first-order valence-corrected chi connectivity index (χ1v) is 9.84. The van der Waals surface area contributed by atoms with E-state index in [1.165, 1.54) is 44.4 Å². The molecule has 2 aromatic rings. The van der Waals surface area contributed by atoms with Crippen molar-refractivity contribution in [2.45, 2.75) is 13.1 Å². The molecular formula is C22H23F3N2O5. The van der Waals surface area contributed by atoms with E-state index in [2.05, 4.69) is 5.32 Å². The predicted molar refractivity (Wildman–Crippen MR) is 110 cm³/mol. The van der Waals surface area contributed by atoms with Crippen molar-refractivity contribution in [1.29, 1.82) is 0 Å². The lowest BCUT2D eigenvalue weighted by molar-refractivity contribution is -0.138. The Kier molecular flexibility index (Phi) is 7.24. The van der Waals surface area contributed by atoms with Gasteiger partial charge in [-0.25, -0.2) is 0 Å². The predicted octanol–water partition coefficient (Wildman–Crippen LogP) is 3.51. The number of anilines is 1. The molecule has 1 aliphatic rings. The van der Waals surface area contributed by atoms with Gasteiger partial charge in [0.05, 0.1) is 25.9 Å². The van der Waals surface area contributed by atoms with Crippen molar-refractivity contribution in [3.63, 3.8) is 0 Å². The van der Waals surface area contributed by atoms with Crippen molar-refractivity contribution >= 4 is 17.5 Å². The summed E-state index contributed by atoms with van der Waals surface area (Å²) >= 11 is 0. The van der Waals surface area contributed by atoms with Gasteiger partial charge < -0.3 is 24.4 Å². The molecule has 32 heavy (non-hydrogen) atoms. The van der Waals surface area contributed by atoms with Crippen LogP contribution in [0, 0.1) is 6.92 Å². The highest BCUT2D eigenvalue weighted by atomic mass is 19.4. The van der Waals surface area contributed by atoms with Crippen LogP contribution in [0.15, 0.2) is 36.4 Å². The molecule has 2 amide bonds. The molecule has 1 N–H and O–H groups in total. The Labute approximate surface area is 183 Å². The first-order valence-electron chi connectivity index (χ1n) is 9.84. The number of halogens is 3. The molecule has 1 fully saturated rings. The molecule has 0 aromatic heterocycles. The van der Waals surface area contributed by atoms with Gasteiger partial charge in [-0.15, -0.1) is 0 Å². The van der Waals surface area contributed by atoms with E-state index in [1.54, 1.807) is 4.90 Å². The lowest BCUT2D eigenvalue weighted by Crippen LogP contribution is -2.43. The van der Waals surface area contributed by atoms with E-state index in [0.29, 0.717) is 26.3 Å². The molecule has 0 spiro atoms. The maximum absolute atomic E-state index is 13.1. The number of hydrogen-bond acceptors (Lipinski definition) is 5. The van der Waals surface area contributed by atoms with E-state index in [-0.39, 0.29) is 40.8 Å². The third-order valence-electron chi connectivity index (χ3n) is 4.94. The number of morpholine rings is 1. The van der Waals surface area contributed by atoms with Crippen LogP contribution in [0.3, 0.4) is 0 Å². The summed E-state index contributed by atoms with van der Waals surface area (Å²) in [6.07, 6.45) is -4.52. The lowest BCUT2D eigenvalue weighted by atomic mass is 10.1. The Morgan fingerprint density at radius 1 is 1.09 bits per heavy atom. The standard InChI is InChI=1S/C22H23F3N2O5/c1-14-3-5-16(12-17(14)22(23,24)25)26-21(29)15-4-6-18(19(11-15)30-2)32-13-20(28)27-7-9-31-10-8-27/h3-6,11-12H,7-10,13H2,1-2H3,(H,26,29). The van der Waals surface area contributed by atoms with Crippen molar-refractivity contribution in [2.24, 2.45) is 0 Å². The Hall–Kier alpha value is -3.27. The third-order valence-corrected chi connectivity index (χ3v) is 4.94. The minimum atomic E-state index is -4.52. The number of nitrogens with zero attached hydrogens (tertiary/aromatic N) is 1. The highest BCUT2D eigenvalue weighted by molar-refractivity contribution is 6.04. The van der Waals surface area contributed by atoms with Crippen molar-refractivity contribution in [2.75, 3.05) is 45.3 Å². The average molecular weight is 452 g/mol. The Morgan fingerprint density at radius 2 is 1.81 bits per heavy atom. The molecule has 1 aliphatic heterocycles. The second-order valence-corrected chi connectivity index (χ2v) is 7.13. The summed E-state index contributed by atoms with van der Waals surface area (Å²) in [7, 11) is 1.38. The fourth-order valence-corrected chi connectivity index (χ4v) is 3.18. The van der Waals surface area contributed by atoms with Gasteiger partial charge >= 0.3 is 6.18 Å². The molecule has 7 nitrogen and oxygen atoms in total. The van der Waals surface area contributed by atoms with Crippen LogP contribution >= 0.6 is 0 Å². The normalized spacial score (nSPS) is 14.1. The van der Waals surface area contributed by atoms with Crippen molar-refractivity contribution in [3.05, 3.63) is 53.1 Å². The number of nitrogens with one attached hydrogen (secondary N) is 1. The molecule has 2 aromatic carbocycles. The summed E-state index contributed by atoms with van der Waals surface area (Å²) in [6, 6.07) is 7.87.